The first kappa shape index (κ1) is 13.1. The summed E-state index contributed by atoms with van der Waals surface area (Å²) >= 11 is 2.28. The summed E-state index contributed by atoms with van der Waals surface area (Å²) in [6, 6.07) is 8.13. The molecule has 2 rings (SSSR count). The topological polar surface area (TPSA) is 63.8 Å². The van der Waals surface area contributed by atoms with Crippen LogP contribution in [0.2, 0.25) is 0 Å². The summed E-state index contributed by atoms with van der Waals surface area (Å²) in [6.07, 6.45) is 3.38. The van der Waals surface area contributed by atoms with Gasteiger partial charge < -0.3 is 11.1 Å². The van der Waals surface area contributed by atoms with Gasteiger partial charge in [0, 0.05) is 14.8 Å². The second-order valence-corrected chi connectivity index (χ2v) is 5.22. The van der Waals surface area contributed by atoms with E-state index in [9.17, 15) is 0 Å². The van der Waals surface area contributed by atoms with Crippen molar-refractivity contribution in [3.63, 3.8) is 0 Å². The molecule has 2 aromatic rings. The largest absolute Gasteiger partial charge is 0.383 e. The predicted octanol–water partition coefficient (Wildman–Crippen LogP) is 3.36. The molecule has 5 heteroatoms. The maximum Gasteiger partial charge on any atom is 0.139 e. The number of aromatic nitrogens is 2. The lowest BCUT2D eigenvalue weighted by atomic mass is 10.1. The predicted molar refractivity (Wildman–Crippen MR) is 82.9 cm³/mol. The fourth-order valence-electron chi connectivity index (χ4n) is 1.73. The Morgan fingerprint density at radius 3 is 2.89 bits per heavy atom. The number of hydrogen-bond donors (Lipinski definition) is 2. The Hall–Kier alpha value is -1.37. The highest BCUT2D eigenvalue weighted by atomic mass is 127. The fraction of sp³-hybridized carbons (Fsp3) is 0.231. The molecule has 3 N–H and O–H groups in total. The molecule has 0 aliphatic carbocycles. The van der Waals surface area contributed by atoms with Crippen molar-refractivity contribution in [1.29, 1.82) is 0 Å². The monoisotopic (exact) mass is 354 g/mol. The number of nitrogen functional groups attached to an aromatic ring is 1. The lowest BCUT2D eigenvalue weighted by Crippen LogP contribution is -2.05. The normalized spacial score (nSPS) is 10.3. The third-order valence-corrected chi connectivity index (χ3v) is 3.24. The summed E-state index contributed by atoms with van der Waals surface area (Å²) in [5.74, 6) is 1.35. The zero-order valence-corrected chi connectivity index (χ0v) is 12.3. The van der Waals surface area contributed by atoms with Crippen LogP contribution in [-0.4, -0.2) is 9.97 Å². The molecule has 0 amide bonds. The van der Waals surface area contributed by atoms with Gasteiger partial charge in [0.25, 0.3) is 0 Å². The lowest BCUT2D eigenvalue weighted by molar-refractivity contribution is 0.908. The molecule has 0 unspecified atom stereocenters. The number of nitrogens with one attached hydrogen (secondary N) is 1. The van der Waals surface area contributed by atoms with Crippen molar-refractivity contribution in [2.45, 2.75) is 19.8 Å². The van der Waals surface area contributed by atoms with Crippen molar-refractivity contribution in [2.24, 2.45) is 0 Å². The van der Waals surface area contributed by atoms with Gasteiger partial charge in [-0.3, -0.25) is 0 Å². The Morgan fingerprint density at radius 1 is 1.33 bits per heavy atom. The summed E-state index contributed by atoms with van der Waals surface area (Å²) in [4.78, 5) is 8.32. The molecular weight excluding hydrogens is 339 g/mol. The molecule has 0 aliphatic rings. The highest BCUT2D eigenvalue weighted by Gasteiger charge is 2.08. The molecule has 0 aliphatic heterocycles. The van der Waals surface area contributed by atoms with Gasteiger partial charge in [0.2, 0.25) is 0 Å². The molecule has 0 radical (unpaired) electrons. The first-order valence-corrected chi connectivity index (χ1v) is 6.90. The minimum atomic E-state index is 0.556. The molecule has 0 bridgehead atoms. The van der Waals surface area contributed by atoms with Crippen molar-refractivity contribution in [3.05, 3.63) is 39.7 Å². The second kappa shape index (κ2) is 5.99. The van der Waals surface area contributed by atoms with Crippen molar-refractivity contribution in [3.8, 4) is 0 Å². The molecular formula is C13H15IN4. The summed E-state index contributed by atoms with van der Waals surface area (Å²) in [5.41, 5.74) is 7.89. The van der Waals surface area contributed by atoms with Crippen LogP contribution in [0.5, 0.6) is 0 Å². The fourth-order valence-corrected chi connectivity index (χ4v) is 2.28. The molecule has 0 fully saturated rings. The summed E-state index contributed by atoms with van der Waals surface area (Å²) in [7, 11) is 0. The van der Waals surface area contributed by atoms with Crippen LogP contribution in [0.15, 0.2) is 30.6 Å². The van der Waals surface area contributed by atoms with Gasteiger partial charge in [-0.2, -0.15) is 0 Å². The van der Waals surface area contributed by atoms with Crippen molar-refractivity contribution in [2.75, 3.05) is 11.1 Å². The van der Waals surface area contributed by atoms with E-state index in [4.69, 9.17) is 5.73 Å². The highest BCUT2D eigenvalue weighted by molar-refractivity contribution is 14.1. The Morgan fingerprint density at radius 2 is 2.17 bits per heavy atom. The maximum atomic E-state index is 5.90. The van der Waals surface area contributed by atoms with Crippen LogP contribution in [0.4, 0.5) is 17.3 Å². The SMILES string of the molecule is CCCc1c(N)ncnc1Nc1cccc(I)c1. The Labute approximate surface area is 120 Å². The summed E-state index contributed by atoms with van der Waals surface area (Å²) in [6.45, 7) is 2.11. The highest BCUT2D eigenvalue weighted by Crippen LogP contribution is 2.23. The van der Waals surface area contributed by atoms with Gasteiger partial charge in [0.1, 0.15) is 18.0 Å². The Balaban J connectivity index is 2.31. The number of rotatable bonds is 4. The van der Waals surface area contributed by atoms with E-state index < -0.39 is 0 Å². The molecule has 0 saturated carbocycles. The summed E-state index contributed by atoms with van der Waals surface area (Å²) < 4.78 is 1.18. The average Bonchev–Trinajstić information content (AvgIpc) is 2.34. The average molecular weight is 354 g/mol. The minimum absolute atomic E-state index is 0.556. The van der Waals surface area contributed by atoms with E-state index in [0.717, 1.165) is 29.9 Å². The molecule has 0 saturated heterocycles. The van der Waals surface area contributed by atoms with Gasteiger partial charge in [0.05, 0.1) is 0 Å². The van der Waals surface area contributed by atoms with E-state index in [1.54, 1.807) is 0 Å². The molecule has 4 nitrogen and oxygen atoms in total. The van der Waals surface area contributed by atoms with Crippen LogP contribution in [0.3, 0.4) is 0 Å². The quantitative estimate of drug-likeness (QED) is 0.827. The minimum Gasteiger partial charge on any atom is -0.383 e. The third kappa shape index (κ3) is 3.10. The van der Waals surface area contributed by atoms with E-state index in [1.165, 1.54) is 9.90 Å². The van der Waals surface area contributed by atoms with Crippen LogP contribution < -0.4 is 11.1 Å². The van der Waals surface area contributed by atoms with Gasteiger partial charge in [-0.25, -0.2) is 9.97 Å². The first-order chi connectivity index (χ1) is 8.70. The smallest absolute Gasteiger partial charge is 0.139 e. The molecule has 1 heterocycles. The molecule has 1 aromatic heterocycles. The van der Waals surface area contributed by atoms with Gasteiger partial charge in [-0.1, -0.05) is 19.4 Å². The van der Waals surface area contributed by atoms with E-state index >= 15 is 0 Å². The van der Waals surface area contributed by atoms with E-state index in [2.05, 4.69) is 50.9 Å². The Bertz CT molecular complexity index is 542. The van der Waals surface area contributed by atoms with Crippen molar-refractivity contribution >= 4 is 39.9 Å². The molecule has 0 spiro atoms. The van der Waals surface area contributed by atoms with Gasteiger partial charge >= 0.3 is 0 Å². The zero-order valence-electron chi connectivity index (χ0n) is 10.2. The third-order valence-electron chi connectivity index (χ3n) is 2.57. The molecule has 0 atom stereocenters. The van der Waals surface area contributed by atoms with Crippen LogP contribution >= 0.6 is 22.6 Å². The second-order valence-electron chi connectivity index (χ2n) is 3.97. The Kier molecular flexibility index (Phi) is 4.35. The van der Waals surface area contributed by atoms with E-state index in [-0.39, 0.29) is 0 Å². The van der Waals surface area contributed by atoms with Crippen LogP contribution in [0, 0.1) is 3.57 Å². The number of benzene rings is 1. The van der Waals surface area contributed by atoms with Crippen LogP contribution in [-0.2, 0) is 6.42 Å². The maximum absolute atomic E-state index is 5.90. The summed E-state index contributed by atoms with van der Waals surface area (Å²) in [5, 5.41) is 3.30. The van der Waals surface area contributed by atoms with Gasteiger partial charge in [-0.15, -0.1) is 0 Å². The van der Waals surface area contributed by atoms with E-state index in [1.807, 2.05) is 18.2 Å². The van der Waals surface area contributed by atoms with Crippen molar-refractivity contribution < 1.29 is 0 Å². The van der Waals surface area contributed by atoms with Crippen molar-refractivity contribution in [1.82, 2.24) is 9.97 Å². The first-order valence-electron chi connectivity index (χ1n) is 5.82. The molecule has 1 aromatic carbocycles. The molecule has 18 heavy (non-hydrogen) atoms. The number of hydrogen-bond acceptors (Lipinski definition) is 4. The van der Waals surface area contributed by atoms with Crippen LogP contribution in [0.1, 0.15) is 18.9 Å². The zero-order chi connectivity index (χ0) is 13.0. The number of nitrogens with zero attached hydrogens (tertiary/aromatic N) is 2. The number of halogens is 1. The van der Waals surface area contributed by atoms with Crippen LogP contribution in [0.25, 0.3) is 0 Å². The lowest BCUT2D eigenvalue weighted by Gasteiger charge is -2.11. The van der Waals surface area contributed by atoms with Gasteiger partial charge in [0.15, 0.2) is 0 Å². The molecule has 94 valence electrons. The number of nitrogens with two attached hydrogens (primary N) is 1. The standard InChI is InChI=1S/C13H15IN4/c1-2-4-11-12(15)16-8-17-13(11)18-10-6-3-5-9(14)7-10/h3,5-8H,2,4H2,1H3,(H3,15,16,17,18). The van der Waals surface area contributed by atoms with Gasteiger partial charge in [-0.05, 0) is 47.2 Å². The number of anilines is 3. The van der Waals surface area contributed by atoms with E-state index in [0.29, 0.717) is 5.82 Å².